The van der Waals surface area contributed by atoms with Gasteiger partial charge in [0, 0.05) is 17.3 Å². The summed E-state index contributed by atoms with van der Waals surface area (Å²) in [4.78, 5) is 19.8. The number of aryl methyl sites for hydroxylation is 1. The van der Waals surface area contributed by atoms with Gasteiger partial charge in [-0.3, -0.25) is 4.79 Å². The number of thioether (sulfide) groups is 1. The van der Waals surface area contributed by atoms with Crippen molar-refractivity contribution in [3.8, 4) is 5.75 Å². The minimum Gasteiger partial charge on any atom is -0.485 e. The predicted molar refractivity (Wildman–Crippen MR) is 110 cm³/mol. The van der Waals surface area contributed by atoms with Crippen molar-refractivity contribution < 1.29 is 9.53 Å². The lowest BCUT2D eigenvalue weighted by Gasteiger charge is -2.06. The average Bonchev–Trinajstić information content (AvgIpc) is 3.25. The maximum Gasteiger partial charge on any atom is 0.235 e. The van der Waals surface area contributed by atoms with E-state index in [1.165, 1.54) is 29.7 Å². The minimum absolute atomic E-state index is 0.0125. The van der Waals surface area contributed by atoms with Crippen LogP contribution in [0.2, 0.25) is 0 Å². The number of imidazole rings is 1. The van der Waals surface area contributed by atoms with Gasteiger partial charge >= 0.3 is 0 Å². The van der Waals surface area contributed by atoms with Gasteiger partial charge in [-0.2, -0.15) is 0 Å². The van der Waals surface area contributed by atoms with Crippen molar-refractivity contribution in [2.75, 3.05) is 12.4 Å². The molecule has 0 aliphatic rings. The van der Waals surface area contributed by atoms with E-state index in [9.17, 15) is 4.79 Å². The molecule has 1 aromatic heterocycles. The second-order valence-electron chi connectivity index (χ2n) is 6.27. The molecule has 0 bridgehead atoms. The number of carbonyl (C=O) groups excluding carboxylic acids is 1. The van der Waals surface area contributed by atoms with Crippen molar-refractivity contribution in [1.29, 1.82) is 0 Å². The zero-order valence-corrected chi connectivity index (χ0v) is 16.1. The summed E-state index contributed by atoms with van der Waals surface area (Å²) in [5.41, 5.74) is 1.42. The molecule has 0 aliphatic heterocycles. The van der Waals surface area contributed by atoms with Crippen molar-refractivity contribution in [2.24, 2.45) is 0 Å². The van der Waals surface area contributed by atoms with Crippen LogP contribution in [0, 0.1) is 0 Å². The van der Waals surface area contributed by atoms with Crippen LogP contribution in [-0.2, 0) is 6.42 Å². The van der Waals surface area contributed by atoms with Gasteiger partial charge in [0.25, 0.3) is 0 Å². The zero-order valence-electron chi connectivity index (χ0n) is 15.3. The van der Waals surface area contributed by atoms with Gasteiger partial charge in [-0.05, 0) is 54.8 Å². The van der Waals surface area contributed by atoms with Crippen molar-refractivity contribution in [1.82, 2.24) is 9.97 Å². The maximum atomic E-state index is 11.8. The molecule has 0 fully saturated rings. The lowest BCUT2D eigenvalue weighted by atomic mass is 10.1. The van der Waals surface area contributed by atoms with Crippen molar-refractivity contribution in [3.63, 3.8) is 0 Å². The molecular formula is C22H24N2O2S. The van der Waals surface area contributed by atoms with Gasteiger partial charge in [0.1, 0.15) is 5.75 Å². The number of hydrogen-bond acceptors (Lipinski definition) is 4. The number of aromatic nitrogens is 2. The molecule has 0 radical (unpaired) electrons. The third-order valence-corrected chi connectivity index (χ3v) is 5.28. The molecular weight excluding hydrogens is 356 g/mol. The summed E-state index contributed by atoms with van der Waals surface area (Å²) >= 11 is 1.86. The maximum absolute atomic E-state index is 11.8. The predicted octanol–water partition coefficient (Wildman–Crippen LogP) is 5.18. The molecule has 1 N–H and O–H groups in total. The second-order valence-corrected chi connectivity index (χ2v) is 7.43. The van der Waals surface area contributed by atoms with E-state index >= 15 is 0 Å². The van der Waals surface area contributed by atoms with Crippen LogP contribution in [0.1, 0.15) is 35.4 Å². The zero-order chi connectivity index (χ0) is 18.7. The van der Waals surface area contributed by atoms with Crippen LogP contribution in [0.15, 0.2) is 71.9 Å². The molecule has 0 saturated heterocycles. The fraction of sp³-hybridized carbons (Fsp3) is 0.273. The number of ether oxygens (including phenoxy) is 1. The second kappa shape index (κ2) is 10.6. The molecule has 0 amide bonds. The highest BCUT2D eigenvalue weighted by Crippen LogP contribution is 2.23. The Balaban J connectivity index is 1.30. The number of nitrogens with zero attached hydrogens (tertiary/aromatic N) is 1. The number of nitrogens with one attached hydrogen (secondary N) is 1. The number of ketones is 1. The topological polar surface area (TPSA) is 55.0 Å². The molecule has 27 heavy (non-hydrogen) atoms. The smallest absolute Gasteiger partial charge is 0.235 e. The summed E-state index contributed by atoms with van der Waals surface area (Å²) in [6.07, 6.45) is 8.04. The number of Topliss-reactive ketones (excluding diaryl/α,β-unsaturated/α-hetero) is 1. The summed E-state index contributed by atoms with van der Waals surface area (Å²) < 4.78 is 5.53. The van der Waals surface area contributed by atoms with Gasteiger partial charge in [-0.25, -0.2) is 4.98 Å². The lowest BCUT2D eigenvalue weighted by molar-refractivity contribution is 0.0912. The first kappa shape index (κ1) is 19.2. The summed E-state index contributed by atoms with van der Waals surface area (Å²) in [6.45, 7) is -0.0125. The monoisotopic (exact) mass is 380 g/mol. The van der Waals surface area contributed by atoms with Crippen LogP contribution in [0.3, 0.4) is 0 Å². The Morgan fingerprint density at radius 1 is 1.00 bits per heavy atom. The lowest BCUT2D eigenvalue weighted by Crippen LogP contribution is -2.13. The van der Waals surface area contributed by atoms with Gasteiger partial charge in [-0.1, -0.05) is 36.8 Å². The molecule has 0 atom stereocenters. The van der Waals surface area contributed by atoms with Crippen LogP contribution in [0.5, 0.6) is 5.75 Å². The molecule has 3 rings (SSSR count). The molecule has 4 nitrogen and oxygen atoms in total. The van der Waals surface area contributed by atoms with Crippen molar-refractivity contribution >= 4 is 17.5 Å². The minimum atomic E-state index is -0.158. The Hall–Kier alpha value is -2.53. The van der Waals surface area contributed by atoms with E-state index in [-0.39, 0.29) is 12.4 Å². The summed E-state index contributed by atoms with van der Waals surface area (Å²) in [5, 5.41) is 0. The standard InChI is InChI=1S/C22H24N2O2S/c25-21(22-23-14-15-24-22)17-26-19-10-12-20(13-11-19)27-16-6-2-5-9-18-7-3-1-4-8-18/h1,3-4,7-8,10-15H,2,5-6,9,16-17H2,(H,23,24). The van der Waals surface area contributed by atoms with E-state index in [1.54, 1.807) is 12.4 Å². The highest BCUT2D eigenvalue weighted by molar-refractivity contribution is 7.99. The van der Waals surface area contributed by atoms with Crippen molar-refractivity contribution in [3.05, 3.63) is 78.4 Å². The number of H-pyrrole nitrogens is 1. The Bertz CT molecular complexity index is 802. The van der Waals surface area contributed by atoms with Gasteiger partial charge in [0.2, 0.25) is 5.78 Å². The fourth-order valence-corrected chi connectivity index (χ4v) is 3.62. The van der Waals surface area contributed by atoms with Crippen LogP contribution in [-0.4, -0.2) is 28.1 Å². The molecule has 3 aromatic rings. The first-order chi connectivity index (χ1) is 13.3. The third kappa shape index (κ3) is 6.61. The molecule has 0 aliphatic carbocycles. The number of unbranched alkanes of at least 4 members (excludes halogenated alkanes) is 2. The number of carbonyl (C=O) groups is 1. The van der Waals surface area contributed by atoms with E-state index in [2.05, 4.69) is 40.3 Å². The number of benzene rings is 2. The Morgan fingerprint density at radius 3 is 2.56 bits per heavy atom. The highest BCUT2D eigenvalue weighted by Gasteiger charge is 2.08. The SMILES string of the molecule is O=C(COc1ccc(SCCCCCc2ccccc2)cc1)c1ncc[nH]1. The molecule has 0 unspecified atom stereocenters. The van der Waals surface area contributed by atoms with Crippen LogP contribution >= 0.6 is 11.8 Å². The van der Waals surface area contributed by atoms with Gasteiger partial charge in [0.05, 0.1) is 0 Å². The molecule has 0 spiro atoms. The molecule has 2 aromatic carbocycles. The first-order valence-electron chi connectivity index (χ1n) is 9.23. The fourth-order valence-electron chi connectivity index (χ4n) is 2.71. The summed E-state index contributed by atoms with van der Waals surface area (Å²) in [6, 6.07) is 18.6. The number of rotatable bonds is 11. The van der Waals surface area contributed by atoms with Crippen LogP contribution in [0.25, 0.3) is 0 Å². The Kier molecular flexibility index (Phi) is 7.54. The Morgan fingerprint density at radius 2 is 1.81 bits per heavy atom. The summed E-state index contributed by atoms with van der Waals surface area (Å²) in [5.74, 6) is 1.98. The van der Waals surface area contributed by atoms with E-state index in [1.807, 2.05) is 36.0 Å². The van der Waals surface area contributed by atoms with Crippen LogP contribution in [0.4, 0.5) is 0 Å². The van der Waals surface area contributed by atoms with E-state index in [0.717, 1.165) is 12.2 Å². The molecule has 5 heteroatoms. The number of hydrogen-bond donors (Lipinski definition) is 1. The van der Waals surface area contributed by atoms with Gasteiger partial charge in [0.15, 0.2) is 12.4 Å². The average molecular weight is 381 g/mol. The highest BCUT2D eigenvalue weighted by atomic mass is 32.2. The Labute approximate surface area is 164 Å². The molecule has 0 saturated carbocycles. The molecule has 1 heterocycles. The van der Waals surface area contributed by atoms with Gasteiger partial charge < -0.3 is 9.72 Å². The van der Waals surface area contributed by atoms with E-state index in [4.69, 9.17) is 4.74 Å². The van der Waals surface area contributed by atoms with E-state index < -0.39 is 0 Å². The normalized spacial score (nSPS) is 10.7. The van der Waals surface area contributed by atoms with E-state index in [0.29, 0.717) is 11.6 Å². The quantitative estimate of drug-likeness (QED) is 0.283. The molecule has 140 valence electrons. The largest absolute Gasteiger partial charge is 0.485 e. The third-order valence-electron chi connectivity index (χ3n) is 4.18. The van der Waals surface area contributed by atoms with Crippen molar-refractivity contribution in [2.45, 2.75) is 30.6 Å². The number of aromatic amines is 1. The van der Waals surface area contributed by atoms with Crippen LogP contribution < -0.4 is 4.74 Å². The summed E-state index contributed by atoms with van der Waals surface area (Å²) in [7, 11) is 0. The van der Waals surface area contributed by atoms with Gasteiger partial charge in [-0.15, -0.1) is 11.8 Å². The first-order valence-corrected chi connectivity index (χ1v) is 10.2.